The Labute approximate surface area is 155 Å². The number of hydrogen-bond donors (Lipinski definition) is 1. The van der Waals surface area contributed by atoms with Gasteiger partial charge in [-0.1, -0.05) is 44.2 Å². The zero-order valence-corrected chi connectivity index (χ0v) is 16.0. The van der Waals surface area contributed by atoms with Crippen molar-refractivity contribution >= 4 is 5.91 Å². The number of ether oxygens (including phenoxy) is 2. The highest BCUT2D eigenvalue weighted by atomic mass is 16.5. The highest BCUT2D eigenvalue weighted by Crippen LogP contribution is 2.25. The fourth-order valence-electron chi connectivity index (χ4n) is 3.07. The van der Waals surface area contributed by atoms with Crippen molar-refractivity contribution in [2.75, 3.05) is 33.9 Å². The fourth-order valence-corrected chi connectivity index (χ4v) is 3.07. The average Bonchev–Trinajstić information content (AvgIpc) is 2.70. The molecule has 0 saturated carbocycles. The van der Waals surface area contributed by atoms with Gasteiger partial charge in [0.1, 0.15) is 11.5 Å². The van der Waals surface area contributed by atoms with Crippen molar-refractivity contribution in [3.8, 4) is 11.5 Å². The van der Waals surface area contributed by atoms with Gasteiger partial charge < -0.3 is 14.8 Å². The highest BCUT2D eigenvalue weighted by Gasteiger charge is 2.20. The molecular weight excluding hydrogens is 328 g/mol. The van der Waals surface area contributed by atoms with Gasteiger partial charge in [0.05, 0.1) is 25.8 Å². The number of amides is 1. The van der Waals surface area contributed by atoms with E-state index in [1.54, 1.807) is 32.4 Å². The van der Waals surface area contributed by atoms with Crippen LogP contribution in [0.4, 0.5) is 0 Å². The van der Waals surface area contributed by atoms with Crippen LogP contribution >= 0.6 is 0 Å². The number of benzene rings is 2. The van der Waals surface area contributed by atoms with Crippen molar-refractivity contribution in [2.45, 2.75) is 19.9 Å². The van der Waals surface area contributed by atoms with Gasteiger partial charge in [-0.3, -0.25) is 9.69 Å². The monoisotopic (exact) mass is 356 g/mol. The highest BCUT2D eigenvalue weighted by molar-refractivity contribution is 5.97. The first-order valence-corrected chi connectivity index (χ1v) is 8.93. The lowest BCUT2D eigenvalue weighted by Crippen LogP contribution is -2.38. The maximum atomic E-state index is 12.7. The normalized spacial score (nSPS) is 11.9. The molecule has 1 atom stereocenters. The molecule has 0 radical (unpaired) electrons. The molecule has 0 bridgehead atoms. The number of hydrogen-bond acceptors (Lipinski definition) is 4. The molecule has 0 aromatic heterocycles. The number of methoxy groups -OCH3 is 2. The van der Waals surface area contributed by atoms with Crippen molar-refractivity contribution in [3.63, 3.8) is 0 Å². The average molecular weight is 356 g/mol. The molecule has 2 aromatic rings. The molecule has 1 unspecified atom stereocenters. The first-order chi connectivity index (χ1) is 12.6. The van der Waals surface area contributed by atoms with Crippen LogP contribution in [0.25, 0.3) is 0 Å². The summed E-state index contributed by atoms with van der Waals surface area (Å²) in [5.41, 5.74) is 1.69. The van der Waals surface area contributed by atoms with Crippen molar-refractivity contribution in [2.24, 2.45) is 0 Å². The minimum atomic E-state index is -0.155. The summed E-state index contributed by atoms with van der Waals surface area (Å²) >= 11 is 0. The molecule has 5 nitrogen and oxygen atoms in total. The quantitative estimate of drug-likeness (QED) is 0.747. The lowest BCUT2D eigenvalue weighted by Gasteiger charge is -2.30. The van der Waals surface area contributed by atoms with Gasteiger partial charge in [0.25, 0.3) is 5.91 Å². The molecule has 1 N–H and O–H groups in total. The van der Waals surface area contributed by atoms with Crippen molar-refractivity contribution in [1.82, 2.24) is 10.2 Å². The van der Waals surface area contributed by atoms with Crippen LogP contribution in [0.5, 0.6) is 11.5 Å². The second-order valence-corrected chi connectivity index (χ2v) is 5.92. The summed E-state index contributed by atoms with van der Waals surface area (Å²) in [6, 6.07) is 15.6. The van der Waals surface area contributed by atoms with Crippen LogP contribution < -0.4 is 14.8 Å². The Balaban J connectivity index is 2.17. The number of nitrogens with one attached hydrogen (secondary N) is 1. The molecule has 2 aromatic carbocycles. The van der Waals surface area contributed by atoms with Crippen LogP contribution in [0.2, 0.25) is 0 Å². The molecule has 2 rings (SSSR count). The number of carbonyl (C=O) groups is 1. The molecular formula is C21H28N2O3. The largest absolute Gasteiger partial charge is 0.497 e. The van der Waals surface area contributed by atoms with Crippen LogP contribution in [-0.4, -0.2) is 44.7 Å². The summed E-state index contributed by atoms with van der Waals surface area (Å²) in [6.45, 7) is 6.62. The minimum absolute atomic E-state index is 0.124. The molecule has 0 saturated heterocycles. The van der Waals surface area contributed by atoms with E-state index in [1.165, 1.54) is 5.56 Å². The van der Waals surface area contributed by atoms with Crippen LogP contribution in [0.3, 0.4) is 0 Å². The molecule has 0 heterocycles. The summed E-state index contributed by atoms with van der Waals surface area (Å²) in [5.74, 6) is 1.00. The third kappa shape index (κ3) is 4.76. The molecule has 5 heteroatoms. The molecule has 0 aliphatic heterocycles. The van der Waals surface area contributed by atoms with E-state index in [0.717, 1.165) is 13.1 Å². The van der Waals surface area contributed by atoms with E-state index in [2.05, 4.69) is 36.2 Å². The van der Waals surface area contributed by atoms with Crippen LogP contribution in [0.15, 0.2) is 48.5 Å². The second-order valence-electron chi connectivity index (χ2n) is 5.92. The standard InChI is InChI=1S/C21H28N2O3/c1-5-23(6-2)19(16-10-8-7-9-11-16)15-22-21(24)18-13-12-17(25-3)14-20(18)26-4/h7-14,19H,5-6,15H2,1-4H3,(H,22,24). The smallest absolute Gasteiger partial charge is 0.255 e. The Bertz CT molecular complexity index is 700. The van der Waals surface area contributed by atoms with E-state index in [4.69, 9.17) is 9.47 Å². The molecule has 0 spiro atoms. The number of likely N-dealkylation sites (N-methyl/N-ethyl adjacent to an activating group) is 1. The zero-order valence-electron chi connectivity index (χ0n) is 16.0. The van der Waals surface area contributed by atoms with E-state index in [1.807, 2.05) is 18.2 Å². The fraction of sp³-hybridized carbons (Fsp3) is 0.381. The summed E-state index contributed by atoms with van der Waals surface area (Å²) in [4.78, 5) is 15.0. The van der Waals surface area contributed by atoms with Gasteiger partial charge >= 0.3 is 0 Å². The van der Waals surface area contributed by atoms with Crippen LogP contribution in [0.1, 0.15) is 35.8 Å². The lowest BCUT2D eigenvalue weighted by atomic mass is 10.0. The second kappa shape index (κ2) is 9.82. The van der Waals surface area contributed by atoms with Gasteiger partial charge in [-0.2, -0.15) is 0 Å². The first kappa shape index (κ1) is 19.8. The molecule has 0 fully saturated rings. The maximum Gasteiger partial charge on any atom is 0.255 e. The van der Waals surface area contributed by atoms with Gasteiger partial charge in [-0.25, -0.2) is 0 Å². The minimum Gasteiger partial charge on any atom is -0.497 e. The van der Waals surface area contributed by atoms with Gasteiger partial charge in [0.15, 0.2) is 0 Å². The lowest BCUT2D eigenvalue weighted by molar-refractivity contribution is 0.0932. The Morgan fingerprint density at radius 3 is 2.31 bits per heavy atom. The Morgan fingerprint density at radius 2 is 1.73 bits per heavy atom. The molecule has 1 amide bonds. The summed E-state index contributed by atoms with van der Waals surface area (Å²) in [7, 11) is 3.14. The van der Waals surface area contributed by atoms with Gasteiger partial charge in [0, 0.05) is 12.6 Å². The predicted octanol–water partition coefficient (Wildman–Crippen LogP) is 3.52. The summed E-state index contributed by atoms with van der Waals surface area (Å²) in [5, 5.41) is 3.06. The summed E-state index contributed by atoms with van der Waals surface area (Å²) in [6.07, 6.45) is 0. The molecule has 0 aliphatic rings. The van der Waals surface area contributed by atoms with Crippen molar-refractivity contribution < 1.29 is 14.3 Å². The third-order valence-corrected chi connectivity index (χ3v) is 4.55. The first-order valence-electron chi connectivity index (χ1n) is 8.93. The molecule has 26 heavy (non-hydrogen) atoms. The molecule has 0 aliphatic carbocycles. The van der Waals surface area contributed by atoms with Crippen LogP contribution in [-0.2, 0) is 0 Å². The maximum absolute atomic E-state index is 12.7. The number of nitrogens with zero attached hydrogens (tertiary/aromatic N) is 1. The van der Waals surface area contributed by atoms with Crippen LogP contribution in [0, 0.1) is 0 Å². The van der Waals surface area contributed by atoms with E-state index in [0.29, 0.717) is 23.6 Å². The SMILES string of the molecule is CCN(CC)C(CNC(=O)c1ccc(OC)cc1OC)c1ccccc1. The van der Waals surface area contributed by atoms with Crippen molar-refractivity contribution in [3.05, 3.63) is 59.7 Å². The van der Waals surface area contributed by atoms with Crippen molar-refractivity contribution in [1.29, 1.82) is 0 Å². The molecule has 140 valence electrons. The van der Waals surface area contributed by atoms with E-state index >= 15 is 0 Å². The Hall–Kier alpha value is -2.53. The van der Waals surface area contributed by atoms with Gasteiger partial charge in [-0.05, 0) is 30.8 Å². The number of carbonyl (C=O) groups excluding carboxylic acids is 1. The van der Waals surface area contributed by atoms with E-state index in [9.17, 15) is 4.79 Å². The van der Waals surface area contributed by atoms with Gasteiger partial charge in [0.2, 0.25) is 0 Å². The zero-order chi connectivity index (χ0) is 18.9. The Morgan fingerprint density at radius 1 is 1.04 bits per heavy atom. The topological polar surface area (TPSA) is 50.8 Å². The number of rotatable bonds is 9. The van der Waals surface area contributed by atoms with E-state index < -0.39 is 0 Å². The Kier molecular flexibility index (Phi) is 7.48. The van der Waals surface area contributed by atoms with Gasteiger partial charge in [-0.15, -0.1) is 0 Å². The predicted molar refractivity (Wildman–Crippen MR) is 104 cm³/mol. The van der Waals surface area contributed by atoms with E-state index in [-0.39, 0.29) is 11.9 Å². The third-order valence-electron chi connectivity index (χ3n) is 4.55. The summed E-state index contributed by atoms with van der Waals surface area (Å²) < 4.78 is 10.5.